The summed E-state index contributed by atoms with van der Waals surface area (Å²) < 4.78 is 12.0. The Kier molecular flexibility index (Phi) is 6.34. The second-order valence-corrected chi connectivity index (χ2v) is 5.77. The van der Waals surface area contributed by atoms with Gasteiger partial charge >= 0.3 is 0 Å². The number of hydrogen-bond acceptors (Lipinski definition) is 4. The van der Waals surface area contributed by atoms with Crippen molar-refractivity contribution in [2.24, 2.45) is 0 Å². The molecule has 1 aromatic heterocycles. The molecule has 2 aromatic carbocycles. The zero-order valence-electron chi connectivity index (χ0n) is 13.9. The van der Waals surface area contributed by atoms with Gasteiger partial charge in [0.2, 0.25) is 0 Å². The summed E-state index contributed by atoms with van der Waals surface area (Å²) in [6.07, 6.45) is 2.57. The molecule has 2 atom stereocenters. The third-order valence-electron chi connectivity index (χ3n) is 3.94. The predicted octanol–water partition coefficient (Wildman–Crippen LogP) is 3.25. The summed E-state index contributed by atoms with van der Waals surface area (Å²) in [6.45, 7) is 0.703. The zero-order chi connectivity index (χ0) is 17.3. The average molecular weight is 338 g/mol. The van der Waals surface area contributed by atoms with Gasteiger partial charge in [0, 0.05) is 11.8 Å². The van der Waals surface area contributed by atoms with Crippen LogP contribution in [0.1, 0.15) is 22.8 Å². The quantitative estimate of drug-likeness (QED) is 0.628. The van der Waals surface area contributed by atoms with Gasteiger partial charge < -0.3 is 14.6 Å². The minimum atomic E-state index is -0.485. The molecule has 0 saturated carbocycles. The van der Waals surface area contributed by atoms with Crippen LogP contribution in [-0.2, 0) is 22.7 Å². The minimum Gasteiger partial charge on any atom is -0.394 e. The van der Waals surface area contributed by atoms with Gasteiger partial charge in [-0.3, -0.25) is 5.10 Å². The number of aromatic nitrogens is 2. The standard InChI is InChI=1S/C20H22N2O3/c23-13-19(24-14-16-7-3-1-4-8-16)20(18-11-21-22-12-18)25-15-17-9-5-2-6-10-17/h1-12,19-20,23H,13-15H2,(H,21,22)/t19-,20+/m0/s1. The summed E-state index contributed by atoms with van der Waals surface area (Å²) in [5, 5.41) is 16.6. The van der Waals surface area contributed by atoms with Crippen molar-refractivity contribution < 1.29 is 14.6 Å². The Morgan fingerprint density at radius 1 is 0.880 bits per heavy atom. The van der Waals surface area contributed by atoms with E-state index in [2.05, 4.69) is 10.2 Å². The van der Waals surface area contributed by atoms with E-state index in [9.17, 15) is 5.11 Å². The summed E-state index contributed by atoms with van der Waals surface area (Å²) >= 11 is 0. The molecule has 0 spiro atoms. The van der Waals surface area contributed by atoms with Crippen molar-refractivity contribution in [2.45, 2.75) is 25.4 Å². The normalized spacial score (nSPS) is 13.5. The van der Waals surface area contributed by atoms with Crippen molar-refractivity contribution in [3.05, 3.63) is 89.7 Å². The predicted molar refractivity (Wildman–Crippen MR) is 94.7 cm³/mol. The van der Waals surface area contributed by atoms with Gasteiger partial charge in [0.25, 0.3) is 0 Å². The fourth-order valence-electron chi connectivity index (χ4n) is 2.61. The van der Waals surface area contributed by atoms with E-state index in [-0.39, 0.29) is 6.61 Å². The van der Waals surface area contributed by atoms with Crippen LogP contribution in [0.5, 0.6) is 0 Å². The molecule has 5 heteroatoms. The molecule has 0 aliphatic rings. The van der Waals surface area contributed by atoms with Crippen LogP contribution in [0.15, 0.2) is 73.1 Å². The number of aliphatic hydroxyl groups excluding tert-OH is 1. The third-order valence-corrected chi connectivity index (χ3v) is 3.94. The van der Waals surface area contributed by atoms with Gasteiger partial charge in [0.15, 0.2) is 0 Å². The van der Waals surface area contributed by atoms with Crippen molar-refractivity contribution in [2.75, 3.05) is 6.61 Å². The number of H-pyrrole nitrogens is 1. The monoisotopic (exact) mass is 338 g/mol. The Labute approximate surface area is 147 Å². The molecular weight excluding hydrogens is 316 g/mol. The van der Waals surface area contributed by atoms with Gasteiger partial charge in [0.05, 0.1) is 26.0 Å². The maximum atomic E-state index is 9.83. The lowest BCUT2D eigenvalue weighted by molar-refractivity contribution is -0.106. The highest BCUT2D eigenvalue weighted by Crippen LogP contribution is 2.25. The van der Waals surface area contributed by atoms with Crippen molar-refractivity contribution in [3.63, 3.8) is 0 Å². The molecule has 0 radical (unpaired) electrons. The molecule has 5 nitrogen and oxygen atoms in total. The minimum absolute atomic E-state index is 0.141. The number of aromatic amines is 1. The first kappa shape index (κ1) is 17.4. The number of ether oxygens (including phenoxy) is 2. The highest BCUT2D eigenvalue weighted by atomic mass is 16.5. The molecule has 0 aliphatic heterocycles. The Balaban J connectivity index is 1.68. The van der Waals surface area contributed by atoms with Crippen LogP contribution in [0.4, 0.5) is 0 Å². The second-order valence-electron chi connectivity index (χ2n) is 5.77. The van der Waals surface area contributed by atoms with Crippen LogP contribution < -0.4 is 0 Å². The maximum Gasteiger partial charge on any atom is 0.114 e. The van der Waals surface area contributed by atoms with E-state index in [4.69, 9.17) is 9.47 Å². The lowest BCUT2D eigenvalue weighted by Crippen LogP contribution is -2.28. The molecule has 0 aliphatic carbocycles. The van der Waals surface area contributed by atoms with Gasteiger partial charge in [-0.25, -0.2) is 0 Å². The fourth-order valence-corrected chi connectivity index (χ4v) is 2.61. The lowest BCUT2D eigenvalue weighted by Gasteiger charge is -2.25. The number of hydrogen-bond donors (Lipinski definition) is 2. The summed E-state index contributed by atoms with van der Waals surface area (Å²) in [5.74, 6) is 0. The van der Waals surface area contributed by atoms with Crippen LogP contribution in [-0.4, -0.2) is 28.0 Å². The average Bonchev–Trinajstić information content (AvgIpc) is 3.20. The number of benzene rings is 2. The van der Waals surface area contributed by atoms with Crippen molar-refractivity contribution in [3.8, 4) is 0 Å². The Bertz CT molecular complexity index is 717. The smallest absolute Gasteiger partial charge is 0.114 e. The first-order valence-corrected chi connectivity index (χ1v) is 8.27. The molecular formula is C20H22N2O3. The Morgan fingerprint density at radius 2 is 1.48 bits per heavy atom. The van der Waals surface area contributed by atoms with E-state index in [0.717, 1.165) is 16.7 Å². The summed E-state index contributed by atoms with van der Waals surface area (Å²) in [6, 6.07) is 19.8. The summed E-state index contributed by atoms with van der Waals surface area (Å²) in [5.41, 5.74) is 2.97. The number of nitrogens with zero attached hydrogens (tertiary/aromatic N) is 1. The highest BCUT2D eigenvalue weighted by molar-refractivity contribution is 5.15. The SMILES string of the molecule is OC[C@H](OCc1ccccc1)[C@H](OCc1ccccc1)c1cn[nH]c1. The summed E-state index contributed by atoms with van der Waals surface area (Å²) in [4.78, 5) is 0. The second kappa shape index (κ2) is 9.13. The van der Waals surface area contributed by atoms with Gasteiger partial charge in [-0.05, 0) is 11.1 Å². The Morgan fingerprint density at radius 3 is 2.00 bits per heavy atom. The molecule has 1 heterocycles. The Hall–Kier alpha value is -2.47. The molecule has 130 valence electrons. The number of aliphatic hydroxyl groups is 1. The van der Waals surface area contributed by atoms with Crippen molar-refractivity contribution in [1.82, 2.24) is 10.2 Å². The van der Waals surface area contributed by atoms with E-state index >= 15 is 0 Å². The van der Waals surface area contributed by atoms with Gasteiger partial charge in [-0.1, -0.05) is 60.7 Å². The molecule has 0 unspecified atom stereocenters. The van der Waals surface area contributed by atoms with Gasteiger partial charge in [-0.2, -0.15) is 5.10 Å². The molecule has 3 rings (SSSR count). The number of nitrogens with one attached hydrogen (secondary N) is 1. The lowest BCUT2D eigenvalue weighted by atomic mass is 10.1. The molecule has 0 amide bonds. The molecule has 2 N–H and O–H groups in total. The van der Waals surface area contributed by atoms with Crippen LogP contribution in [0.2, 0.25) is 0 Å². The van der Waals surface area contributed by atoms with Crippen molar-refractivity contribution >= 4 is 0 Å². The largest absolute Gasteiger partial charge is 0.394 e. The first-order chi connectivity index (χ1) is 12.4. The van der Waals surface area contributed by atoms with Crippen molar-refractivity contribution in [1.29, 1.82) is 0 Å². The molecule has 3 aromatic rings. The molecule has 25 heavy (non-hydrogen) atoms. The van der Waals surface area contributed by atoms with Crippen LogP contribution in [0.3, 0.4) is 0 Å². The van der Waals surface area contributed by atoms with E-state index in [1.54, 1.807) is 12.4 Å². The first-order valence-electron chi connectivity index (χ1n) is 8.27. The zero-order valence-corrected chi connectivity index (χ0v) is 13.9. The van der Waals surface area contributed by atoms with Crippen LogP contribution in [0, 0.1) is 0 Å². The molecule has 0 saturated heterocycles. The van der Waals surface area contributed by atoms with Crippen LogP contribution >= 0.6 is 0 Å². The van der Waals surface area contributed by atoms with E-state index in [1.807, 2.05) is 60.7 Å². The summed E-state index contributed by atoms with van der Waals surface area (Å²) in [7, 11) is 0. The number of rotatable bonds is 9. The highest BCUT2D eigenvalue weighted by Gasteiger charge is 2.25. The van der Waals surface area contributed by atoms with Gasteiger partial charge in [-0.15, -0.1) is 0 Å². The van der Waals surface area contributed by atoms with E-state index in [1.165, 1.54) is 0 Å². The maximum absolute atomic E-state index is 9.83. The van der Waals surface area contributed by atoms with E-state index < -0.39 is 12.2 Å². The van der Waals surface area contributed by atoms with E-state index in [0.29, 0.717) is 13.2 Å². The topological polar surface area (TPSA) is 67.4 Å². The molecule has 0 bridgehead atoms. The van der Waals surface area contributed by atoms with Crippen LogP contribution in [0.25, 0.3) is 0 Å². The third kappa shape index (κ3) is 5.00. The van der Waals surface area contributed by atoms with Gasteiger partial charge in [0.1, 0.15) is 12.2 Å². The fraction of sp³-hybridized carbons (Fsp3) is 0.250. The molecule has 0 fully saturated rings.